The third-order valence-corrected chi connectivity index (χ3v) is 4.94. The van der Waals surface area contributed by atoms with Crippen LogP contribution in [0.3, 0.4) is 0 Å². The van der Waals surface area contributed by atoms with Gasteiger partial charge in [-0.2, -0.15) is 0 Å². The van der Waals surface area contributed by atoms with Crippen LogP contribution in [0.15, 0.2) is 49.1 Å². The Morgan fingerprint density at radius 1 is 1.10 bits per heavy atom. The molecular weight excluding hydrogens is 398 g/mol. The number of aromatic nitrogens is 5. The summed E-state index contributed by atoms with van der Waals surface area (Å²) in [4.78, 5) is 11.2. The number of para-hydroxylation sites is 1. The number of H-pyrrole nitrogens is 1. The molecule has 0 unspecified atom stereocenters. The van der Waals surface area contributed by atoms with Gasteiger partial charge in [0.1, 0.15) is 22.9 Å². The summed E-state index contributed by atoms with van der Waals surface area (Å²) in [5.74, 6) is 2.81. The monoisotopic (exact) mass is 415 g/mol. The maximum absolute atomic E-state index is 11.2. The van der Waals surface area contributed by atoms with Crippen molar-refractivity contribution in [2.45, 2.75) is 17.8 Å². The fourth-order valence-electron chi connectivity index (χ4n) is 2.78. The van der Waals surface area contributed by atoms with E-state index < -0.39 is 5.76 Å². The van der Waals surface area contributed by atoms with Gasteiger partial charge in [0.05, 0.1) is 20.0 Å². The molecule has 4 rings (SSSR count). The standard InChI is InChI=1S/C18H17N5O5S/c1-10-7-8-13(27-10)16-20-21-17(29-9-14-19-22-18(24)28-14)23(16)15-11(25-2)5-4-6-12(15)26-3/h4-8H,9H2,1-3H3,(H,22,24). The molecule has 0 radical (unpaired) electrons. The number of hydrogen-bond acceptors (Lipinski definition) is 9. The number of furan rings is 1. The maximum atomic E-state index is 11.2. The lowest BCUT2D eigenvalue weighted by Gasteiger charge is -2.16. The van der Waals surface area contributed by atoms with Crippen molar-refractivity contribution < 1.29 is 18.3 Å². The quantitative estimate of drug-likeness (QED) is 0.454. The molecule has 3 heterocycles. The topological polar surface area (TPSA) is 121 Å². The van der Waals surface area contributed by atoms with Crippen LogP contribution in [0.25, 0.3) is 17.3 Å². The summed E-state index contributed by atoms with van der Waals surface area (Å²) in [6.07, 6.45) is 0. The molecule has 11 heteroatoms. The molecule has 0 saturated heterocycles. The highest BCUT2D eigenvalue weighted by Gasteiger charge is 2.24. The Kier molecular flexibility index (Phi) is 5.12. The van der Waals surface area contributed by atoms with Crippen LogP contribution in [0.1, 0.15) is 11.7 Å². The average Bonchev–Trinajstić information content (AvgIpc) is 3.45. The minimum absolute atomic E-state index is 0.247. The minimum atomic E-state index is -0.611. The molecule has 1 N–H and O–H groups in total. The normalized spacial score (nSPS) is 11.0. The first-order valence-corrected chi connectivity index (χ1v) is 9.50. The van der Waals surface area contributed by atoms with Gasteiger partial charge in [-0.1, -0.05) is 17.8 Å². The molecule has 150 valence electrons. The molecular formula is C18H17N5O5S. The molecule has 0 amide bonds. The van der Waals surface area contributed by atoms with Crippen molar-refractivity contribution >= 4 is 11.8 Å². The van der Waals surface area contributed by atoms with Gasteiger partial charge in [0.15, 0.2) is 10.9 Å². The van der Waals surface area contributed by atoms with Crippen molar-refractivity contribution in [3.63, 3.8) is 0 Å². The Morgan fingerprint density at radius 3 is 2.45 bits per heavy atom. The molecule has 29 heavy (non-hydrogen) atoms. The Bertz CT molecular complexity index is 1170. The first-order valence-electron chi connectivity index (χ1n) is 8.51. The van der Waals surface area contributed by atoms with E-state index in [4.69, 9.17) is 18.3 Å². The van der Waals surface area contributed by atoms with Gasteiger partial charge in [0, 0.05) is 0 Å². The van der Waals surface area contributed by atoms with Crippen LogP contribution < -0.4 is 15.2 Å². The second-order valence-corrected chi connectivity index (χ2v) is 6.80. The van der Waals surface area contributed by atoms with Gasteiger partial charge in [-0.05, 0) is 31.2 Å². The smallest absolute Gasteiger partial charge is 0.434 e. The second-order valence-electron chi connectivity index (χ2n) is 5.86. The van der Waals surface area contributed by atoms with Crippen molar-refractivity contribution in [3.05, 3.63) is 52.5 Å². The lowest BCUT2D eigenvalue weighted by atomic mass is 10.2. The number of benzene rings is 1. The highest BCUT2D eigenvalue weighted by Crippen LogP contribution is 2.39. The first-order chi connectivity index (χ1) is 14.1. The SMILES string of the molecule is COc1cccc(OC)c1-n1c(SCc2n[nH]c(=O)o2)nnc1-c1ccc(C)o1. The molecule has 1 aromatic carbocycles. The summed E-state index contributed by atoms with van der Waals surface area (Å²) in [7, 11) is 3.15. The first kappa shape index (κ1) is 18.9. The highest BCUT2D eigenvalue weighted by atomic mass is 32.2. The number of ether oxygens (including phenoxy) is 2. The van der Waals surface area contributed by atoms with E-state index in [1.54, 1.807) is 18.8 Å². The number of nitrogens with one attached hydrogen (secondary N) is 1. The third kappa shape index (κ3) is 3.63. The van der Waals surface area contributed by atoms with E-state index in [0.29, 0.717) is 33.9 Å². The number of hydrogen-bond donors (Lipinski definition) is 1. The van der Waals surface area contributed by atoms with Crippen molar-refractivity contribution in [1.82, 2.24) is 25.0 Å². The van der Waals surface area contributed by atoms with Crippen LogP contribution in [-0.4, -0.2) is 39.2 Å². The molecule has 3 aromatic heterocycles. The summed E-state index contributed by atoms with van der Waals surface area (Å²) in [5.41, 5.74) is 0.623. The van der Waals surface area contributed by atoms with E-state index in [9.17, 15) is 4.79 Å². The zero-order chi connectivity index (χ0) is 20.4. The van der Waals surface area contributed by atoms with E-state index in [1.807, 2.05) is 37.3 Å². The van der Waals surface area contributed by atoms with Gasteiger partial charge in [-0.25, -0.2) is 9.89 Å². The summed E-state index contributed by atoms with van der Waals surface area (Å²) in [6.45, 7) is 1.85. The molecule has 4 aromatic rings. The van der Waals surface area contributed by atoms with Crippen molar-refractivity contribution in [2.24, 2.45) is 0 Å². The molecule has 0 fully saturated rings. The Morgan fingerprint density at radius 2 is 1.86 bits per heavy atom. The molecule has 10 nitrogen and oxygen atoms in total. The number of aromatic amines is 1. The predicted octanol–water partition coefficient (Wildman–Crippen LogP) is 2.82. The Labute approximate surface area is 168 Å². The number of nitrogens with zero attached hydrogens (tertiary/aromatic N) is 4. The summed E-state index contributed by atoms with van der Waals surface area (Å²) < 4.78 is 23.6. The van der Waals surface area contributed by atoms with Crippen LogP contribution in [0, 0.1) is 6.92 Å². The van der Waals surface area contributed by atoms with Gasteiger partial charge in [0.2, 0.25) is 11.7 Å². The molecule has 0 aliphatic heterocycles. The summed E-state index contributed by atoms with van der Waals surface area (Å²) in [5, 5.41) is 15.2. The fourth-order valence-corrected chi connectivity index (χ4v) is 3.56. The number of aryl methyl sites for hydroxylation is 1. The Hall–Kier alpha value is -3.47. The predicted molar refractivity (Wildman–Crippen MR) is 104 cm³/mol. The van der Waals surface area contributed by atoms with Crippen LogP contribution >= 0.6 is 11.8 Å². The largest absolute Gasteiger partial charge is 0.494 e. The third-order valence-electron chi connectivity index (χ3n) is 4.03. The second kappa shape index (κ2) is 7.87. The van der Waals surface area contributed by atoms with Gasteiger partial charge >= 0.3 is 5.76 Å². The van der Waals surface area contributed by atoms with Crippen molar-refractivity contribution in [3.8, 4) is 28.8 Å². The molecule has 0 atom stereocenters. The van der Waals surface area contributed by atoms with Crippen LogP contribution in [0.5, 0.6) is 11.5 Å². The zero-order valence-electron chi connectivity index (χ0n) is 15.8. The molecule has 0 aliphatic rings. The highest BCUT2D eigenvalue weighted by molar-refractivity contribution is 7.98. The number of rotatable bonds is 7. The lowest BCUT2D eigenvalue weighted by Crippen LogP contribution is -2.04. The minimum Gasteiger partial charge on any atom is -0.494 e. The average molecular weight is 415 g/mol. The fraction of sp³-hybridized carbons (Fsp3) is 0.222. The van der Waals surface area contributed by atoms with Gasteiger partial charge in [-0.3, -0.25) is 4.57 Å². The van der Waals surface area contributed by atoms with E-state index in [-0.39, 0.29) is 11.6 Å². The van der Waals surface area contributed by atoms with Gasteiger partial charge < -0.3 is 18.3 Å². The number of thioether (sulfide) groups is 1. The lowest BCUT2D eigenvalue weighted by molar-refractivity contribution is 0.390. The van der Waals surface area contributed by atoms with Crippen LogP contribution in [0.2, 0.25) is 0 Å². The maximum Gasteiger partial charge on any atom is 0.434 e. The Balaban J connectivity index is 1.85. The van der Waals surface area contributed by atoms with Crippen molar-refractivity contribution in [2.75, 3.05) is 14.2 Å². The molecule has 0 bridgehead atoms. The molecule has 0 aliphatic carbocycles. The number of methoxy groups -OCH3 is 2. The van der Waals surface area contributed by atoms with E-state index in [0.717, 1.165) is 5.76 Å². The van der Waals surface area contributed by atoms with Crippen molar-refractivity contribution in [1.29, 1.82) is 0 Å². The van der Waals surface area contributed by atoms with E-state index in [2.05, 4.69) is 20.4 Å². The van der Waals surface area contributed by atoms with Crippen LogP contribution in [-0.2, 0) is 5.75 Å². The molecule has 0 saturated carbocycles. The van der Waals surface area contributed by atoms with Crippen LogP contribution in [0.4, 0.5) is 0 Å². The van der Waals surface area contributed by atoms with Gasteiger partial charge in [-0.15, -0.1) is 15.3 Å². The van der Waals surface area contributed by atoms with E-state index in [1.165, 1.54) is 11.8 Å². The molecule has 0 spiro atoms. The zero-order valence-corrected chi connectivity index (χ0v) is 16.6. The van der Waals surface area contributed by atoms with E-state index >= 15 is 0 Å². The summed E-state index contributed by atoms with van der Waals surface area (Å²) >= 11 is 1.29. The van der Waals surface area contributed by atoms with Gasteiger partial charge in [0.25, 0.3) is 0 Å². The summed E-state index contributed by atoms with van der Waals surface area (Å²) in [6, 6.07) is 9.12.